The van der Waals surface area contributed by atoms with Crippen molar-refractivity contribution in [2.75, 3.05) is 5.33 Å². The Kier molecular flexibility index (Phi) is 6.31. The van der Waals surface area contributed by atoms with Gasteiger partial charge in [0.25, 0.3) is 0 Å². The van der Waals surface area contributed by atoms with Crippen molar-refractivity contribution in [3.05, 3.63) is 90.0 Å². The molecule has 0 aliphatic rings. The van der Waals surface area contributed by atoms with Crippen LogP contribution in [0.25, 0.3) is 0 Å². The number of benzene rings is 3. The molecule has 4 heteroatoms. The number of carbonyl (C=O) groups excluding carboxylic acids is 1. The molecule has 3 aromatic carbocycles. The molecule has 0 bridgehead atoms. The number of ether oxygens (including phenoxy) is 1. The Bertz CT molecular complexity index is 832. The van der Waals surface area contributed by atoms with Crippen LogP contribution in [0.5, 0.6) is 5.75 Å². The summed E-state index contributed by atoms with van der Waals surface area (Å²) in [6.45, 7) is 0.554. The van der Waals surface area contributed by atoms with Crippen molar-refractivity contribution >= 4 is 33.5 Å². The first-order chi connectivity index (χ1) is 12.2. The number of hydrogen-bond acceptors (Lipinski definition) is 3. The standard InChI is InChI=1S/C21H17BrO2S/c22-14-21(23)17-9-11-19(12-10-17)25-20-8-4-7-18(13-20)24-15-16-5-2-1-3-6-16/h1-13H,14-15H2. The second kappa shape index (κ2) is 8.88. The number of halogens is 1. The Labute approximate surface area is 160 Å². The predicted molar refractivity (Wildman–Crippen MR) is 106 cm³/mol. The van der Waals surface area contributed by atoms with Gasteiger partial charge in [0.2, 0.25) is 0 Å². The van der Waals surface area contributed by atoms with Crippen molar-refractivity contribution in [1.82, 2.24) is 0 Å². The van der Waals surface area contributed by atoms with Crippen LogP contribution in [-0.2, 0) is 6.61 Å². The lowest BCUT2D eigenvalue weighted by Crippen LogP contribution is -1.98. The van der Waals surface area contributed by atoms with Gasteiger partial charge in [-0.3, -0.25) is 4.79 Å². The molecule has 0 aromatic heterocycles. The largest absolute Gasteiger partial charge is 0.489 e. The maximum Gasteiger partial charge on any atom is 0.173 e. The third-order valence-corrected chi connectivity index (χ3v) is 5.09. The van der Waals surface area contributed by atoms with Gasteiger partial charge in [-0.2, -0.15) is 0 Å². The minimum absolute atomic E-state index is 0.0906. The van der Waals surface area contributed by atoms with Crippen molar-refractivity contribution in [2.24, 2.45) is 0 Å². The van der Waals surface area contributed by atoms with E-state index >= 15 is 0 Å². The Morgan fingerprint density at radius 2 is 1.64 bits per heavy atom. The highest BCUT2D eigenvalue weighted by Crippen LogP contribution is 2.30. The number of hydrogen-bond donors (Lipinski definition) is 0. The number of carbonyl (C=O) groups is 1. The predicted octanol–water partition coefficient (Wildman–Crippen LogP) is 5.99. The zero-order valence-electron chi connectivity index (χ0n) is 13.5. The van der Waals surface area contributed by atoms with Gasteiger partial charge >= 0.3 is 0 Å². The lowest BCUT2D eigenvalue weighted by atomic mass is 10.2. The SMILES string of the molecule is O=C(CBr)c1ccc(Sc2cccc(OCc3ccccc3)c2)cc1. The number of rotatable bonds is 7. The monoisotopic (exact) mass is 412 g/mol. The second-order valence-electron chi connectivity index (χ2n) is 5.43. The van der Waals surface area contributed by atoms with Crippen molar-refractivity contribution in [2.45, 2.75) is 16.4 Å². The summed E-state index contributed by atoms with van der Waals surface area (Å²) in [7, 11) is 0. The van der Waals surface area contributed by atoms with Crippen LogP contribution in [0.2, 0.25) is 0 Å². The highest BCUT2D eigenvalue weighted by molar-refractivity contribution is 9.09. The average molecular weight is 413 g/mol. The van der Waals surface area contributed by atoms with Gasteiger partial charge in [0, 0.05) is 15.4 Å². The van der Waals surface area contributed by atoms with E-state index in [-0.39, 0.29) is 5.78 Å². The molecule has 0 N–H and O–H groups in total. The highest BCUT2D eigenvalue weighted by atomic mass is 79.9. The molecule has 0 unspecified atom stereocenters. The van der Waals surface area contributed by atoms with E-state index in [9.17, 15) is 4.79 Å². The summed E-state index contributed by atoms with van der Waals surface area (Å²) in [6.07, 6.45) is 0. The number of Topliss-reactive ketones (excluding diaryl/α,β-unsaturated/α-hetero) is 1. The minimum Gasteiger partial charge on any atom is -0.489 e. The first-order valence-electron chi connectivity index (χ1n) is 7.88. The molecule has 0 aliphatic heterocycles. The molecule has 3 aromatic rings. The van der Waals surface area contributed by atoms with Gasteiger partial charge in [-0.05, 0) is 35.9 Å². The summed E-state index contributed by atoms with van der Waals surface area (Å²) in [5, 5.41) is 0.348. The molecule has 0 heterocycles. The molecular formula is C21H17BrO2S. The number of alkyl halides is 1. The van der Waals surface area contributed by atoms with E-state index in [1.807, 2.05) is 72.8 Å². The summed E-state index contributed by atoms with van der Waals surface area (Å²) < 4.78 is 5.87. The molecule has 0 fully saturated rings. The molecule has 3 rings (SSSR count). The summed E-state index contributed by atoms with van der Waals surface area (Å²) in [4.78, 5) is 13.8. The Morgan fingerprint density at radius 3 is 2.36 bits per heavy atom. The van der Waals surface area contributed by atoms with Gasteiger partial charge in [-0.25, -0.2) is 0 Å². The molecular weight excluding hydrogens is 396 g/mol. The summed E-state index contributed by atoms with van der Waals surface area (Å²) in [5.41, 5.74) is 1.87. The first-order valence-corrected chi connectivity index (χ1v) is 9.82. The van der Waals surface area contributed by atoms with Crippen LogP contribution in [0.4, 0.5) is 0 Å². The van der Waals surface area contributed by atoms with Crippen molar-refractivity contribution in [3.63, 3.8) is 0 Å². The average Bonchev–Trinajstić information content (AvgIpc) is 2.67. The molecule has 0 aliphatic carbocycles. The molecule has 25 heavy (non-hydrogen) atoms. The Balaban J connectivity index is 1.64. The van der Waals surface area contributed by atoms with E-state index in [0.29, 0.717) is 11.9 Å². The zero-order chi connectivity index (χ0) is 17.5. The van der Waals surface area contributed by atoms with Crippen molar-refractivity contribution in [3.8, 4) is 5.75 Å². The highest BCUT2D eigenvalue weighted by Gasteiger charge is 2.05. The fraction of sp³-hybridized carbons (Fsp3) is 0.0952. The Morgan fingerprint density at radius 1 is 0.880 bits per heavy atom. The van der Waals surface area contributed by atoms with Gasteiger partial charge in [0.1, 0.15) is 12.4 Å². The molecule has 0 saturated carbocycles. The Hall–Kier alpha value is -2.04. The van der Waals surface area contributed by atoms with Crippen molar-refractivity contribution in [1.29, 1.82) is 0 Å². The molecule has 0 saturated heterocycles. The van der Waals surface area contributed by atoms with Crippen LogP contribution in [0.15, 0.2) is 88.7 Å². The normalized spacial score (nSPS) is 10.4. The molecule has 0 atom stereocenters. The quantitative estimate of drug-likeness (QED) is 0.351. The topological polar surface area (TPSA) is 26.3 Å². The third kappa shape index (κ3) is 5.21. The van der Waals surface area contributed by atoms with E-state index in [1.54, 1.807) is 11.8 Å². The maximum atomic E-state index is 11.6. The fourth-order valence-corrected chi connectivity index (χ4v) is 3.48. The van der Waals surface area contributed by atoms with Crippen LogP contribution in [0.3, 0.4) is 0 Å². The zero-order valence-corrected chi connectivity index (χ0v) is 15.9. The fourth-order valence-electron chi connectivity index (χ4n) is 2.29. The van der Waals surface area contributed by atoms with E-state index < -0.39 is 0 Å². The maximum absolute atomic E-state index is 11.6. The number of ketones is 1. The molecule has 0 amide bonds. The van der Waals surface area contributed by atoms with E-state index in [0.717, 1.165) is 26.7 Å². The van der Waals surface area contributed by atoms with Crippen molar-refractivity contribution < 1.29 is 9.53 Å². The molecule has 0 radical (unpaired) electrons. The van der Waals surface area contributed by atoms with Gasteiger partial charge in [0.05, 0.1) is 5.33 Å². The molecule has 126 valence electrons. The molecule has 2 nitrogen and oxygen atoms in total. The summed E-state index contributed by atoms with van der Waals surface area (Å²) in [6, 6.07) is 25.8. The smallest absolute Gasteiger partial charge is 0.173 e. The van der Waals surface area contributed by atoms with Gasteiger partial charge in [0.15, 0.2) is 5.78 Å². The first kappa shape index (κ1) is 17.8. The summed E-state index contributed by atoms with van der Waals surface area (Å²) in [5.74, 6) is 0.938. The van der Waals surface area contributed by atoms with E-state index in [2.05, 4.69) is 22.0 Å². The van der Waals surface area contributed by atoms with Gasteiger partial charge < -0.3 is 4.74 Å². The van der Waals surface area contributed by atoms with Crippen LogP contribution in [0.1, 0.15) is 15.9 Å². The van der Waals surface area contributed by atoms with E-state index in [1.165, 1.54) is 0 Å². The van der Waals surface area contributed by atoms with Gasteiger partial charge in [-0.15, -0.1) is 0 Å². The minimum atomic E-state index is 0.0906. The third-order valence-electron chi connectivity index (χ3n) is 3.59. The van der Waals surface area contributed by atoms with Gasteiger partial charge in [-0.1, -0.05) is 76.2 Å². The van der Waals surface area contributed by atoms with Crippen LogP contribution in [-0.4, -0.2) is 11.1 Å². The van der Waals surface area contributed by atoms with Crippen LogP contribution < -0.4 is 4.74 Å². The lowest BCUT2D eigenvalue weighted by molar-refractivity contribution is 0.102. The summed E-state index contributed by atoms with van der Waals surface area (Å²) >= 11 is 4.84. The van der Waals surface area contributed by atoms with E-state index in [4.69, 9.17) is 4.74 Å². The van der Waals surface area contributed by atoms with Crippen LogP contribution in [0, 0.1) is 0 Å². The molecule has 0 spiro atoms. The van der Waals surface area contributed by atoms with Crippen LogP contribution >= 0.6 is 27.7 Å². The lowest BCUT2D eigenvalue weighted by Gasteiger charge is -2.08. The second-order valence-corrected chi connectivity index (χ2v) is 7.14.